The van der Waals surface area contributed by atoms with Crippen LogP contribution in [0.5, 0.6) is 0 Å². The minimum absolute atomic E-state index is 0.0514. The van der Waals surface area contributed by atoms with Gasteiger partial charge in [-0.25, -0.2) is 8.78 Å². The molecule has 1 unspecified atom stereocenters. The summed E-state index contributed by atoms with van der Waals surface area (Å²) < 4.78 is 26.6. The van der Waals surface area contributed by atoms with Gasteiger partial charge in [0.2, 0.25) is 0 Å². The average Bonchev–Trinajstić information content (AvgIpc) is 2.74. The van der Waals surface area contributed by atoms with Gasteiger partial charge in [0.15, 0.2) is 0 Å². The van der Waals surface area contributed by atoms with Crippen LogP contribution in [-0.2, 0) is 0 Å². The van der Waals surface area contributed by atoms with Gasteiger partial charge in [0.05, 0.1) is 28.8 Å². The van der Waals surface area contributed by atoms with E-state index < -0.39 is 29.6 Å². The summed E-state index contributed by atoms with van der Waals surface area (Å²) in [5, 5.41) is 10.0. The topological polar surface area (TPSA) is 57.6 Å². The van der Waals surface area contributed by atoms with Gasteiger partial charge < -0.3 is 5.11 Å². The molecule has 0 aliphatic carbocycles. The van der Waals surface area contributed by atoms with Crippen molar-refractivity contribution in [2.24, 2.45) is 0 Å². The Hall–Kier alpha value is -2.31. The van der Waals surface area contributed by atoms with Gasteiger partial charge in [-0.05, 0) is 35.9 Å². The Morgan fingerprint density at radius 3 is 2.43 bits per heavy atom. The third kappa shape index (κ3) is 2.71. The summed E-state index contributed by atoms with van der Waals surface area (Å²) in [6, 6.07) is 6.98. The highest BCUT2D eigenvalue weighted by Crippen LogP contribution is 2.27. The van der Waals surface area contributed by atoms with Crippen LogP contribution < -0.4 is 0 Å². The van der Waals surface area contributed by atoms with E-state index in [0.29, 0.717) is 0 Å². The molecule has 0 bridgehead atoms. The smallest absolute Gasteiger partial charge is 0.261 e. The second-order valence-electron chi connectivity index (χ2n) is 5.10. The monoisotopic (exact) mass is 337 g/mol. The third-order valence-corrected chi connectivity index (χ3v) is 3.92. The first kappa shape index (κ1) is 15.6. The summed E-state index contributed by atoms with van der Waals surface area (Å²) in [5.41, 5.74) is 0.199. The van der Waals surface area contributed by atoms with Crippen LogP contribution in [0, 0.1) is 11.6 Å². The van der Waals surface area contributed by atoms with Crippen LogP contribution in [0.3, 0.4) is 0 Å². The normalized spacial score (nSPS) is 15.0. The zero-order valence-electron chi connectivity index (χ0n) is 11.6. The Morgan fingerprint density at radius 1 is 1.04 bits per heavy atom. The van der Waals surface area contributed by atoms with Gasteiger partial charge in [0.25, 0.3) is 11.8 Å². The van der Waals surface area contributed by atoms with E-state index in [9.17, 15) is 23.5 Å². The standard InChI is InChI=1S/C16H10ClF2NO3/c17-12-4-1-8(5-13(12)19)14(21)7-20-15(22)10-3-2-9(18)6-11(10)16(20)23/h1-6,14,21H,7H2. The quantitative estimate of drug-likeness (QED) is 0.876. The molecule has 1 aliphatic rings. The molecular formula is C16H10ClF2NO3. The molecule has 4 nitrogen and oxygen atoms in total. The summed E-state index contributed by atoms with van der Waals surface area (Å²) in [5.74, 6) is -2.67. The maximum absolute atomic E-state index is 13.4. The molecular weight excluding hydrogens is 328 g/mol. The van der Waals surface area contributed by atoms with Crippen LogP contribution in [0.4, 0.5) is 8.78 Å². The number of fused-ring (bicyclic) bond motifs is 1. The largest absolute Gasteiger partial charge is 0.387 e. The molecule has 0 aromatic heterocycles. The van der Waals surface area contributed by atoms with Crippen molar-refractivity contribution in [2.75, 3.05) is 6.54 Å². The summed E-state index contributed by atoms with van der Waals surface area (Å²) in [7, 11) is 0. The predicted molar refractivity (Wildman–Crippen MR) is 78.1 cm³/mol. The number of benzene rings is 2. The SMILES string of the molecule is O=C1c2ccc(F)cc2C(=O)N1CC(O)c1ccc(Cl)c(F)c1. The van der Waals surface area contributed by atoms with E-state index in [2.05, 4.69) is 0 Å². The highest BCUT2D eigenvalue weighted by Gasteiger charge is 2.37. The van der Waals surface area contributed by atoms with Crippen LogP contribution in [-0.4, -0.2) is 28.4 Å². The fourth-order valence-electron chi connectivity index (χ4n) is 2.43. The number of nitrogens with zero attached hydrogens (tertiary/aromatic N) is 1. The fraction of sp³-hybridized carbons (Fsp3) is 0.125. The first-order valence-corrected chi connectivity index (χ1v) is 7.05. The molecule has 2 aromatic rings. The molecule has 1 N–H and O–H groups in total. The molecule has 0 radical (unpaired) electrons. The Bertz CT molecular complexity index is 825. The number of carbonyl (C=O) groups is 2. The van der Waals surface area contributed by atoms with Crippen LogP contribution >= 0.6 is 11.6 Å². The van der Waals surface area contributed by atoms with Gasteiger partial charge in [-0.1, -0.05) is 17.7 Å². The highest BCUT2D eigenvalue weighted by atomic mass is 35.5. The molecule has 0 spiro atoms. The lowest BCUT2D eigenvalue weighted by molar-refractivity contribution is 0.0543. The Morgan fingerprint density at radius 2 is 1.74 bits per heavy atom. The molecule has 0 saturated carbocycles. The van der Waals surface area contributed by atoms with E-state index in [1.54, 1.807) is 0 Å². The molecule has 23 heavy (non-hydrogen) atoms. The summed E-state index contributed by atoms with van der Waals surface area (Å²) in [6.45, 7) is -0.366. The van der Waals surface area contributed by atoms with Gasteiger partial charge >= 0.3 is 0 Å². The van der Waals surface area contributed by atoms with Crippen molar-refractivity contribution in [3.05, 3.63) is 69.7 Å². The van der Waals surface area contributed by atoms with Crippen molar-refractivity contribution in [3.8, 4) is 0 Å². The number of hydrogen-bond donors (Lipinski definition) is 1. The Balaban J connectivity index is 1.85. The zero-order valence-corrected chi connectivity index (χ0v) is 12.3. The molecule has 3 rings (SSSR count). The van der Waals surface area contributed by atoms with Crippen molar-refractivity contribution in [1.82, 2.24) is 4.90 Å². The number of halogens is 3. The minimum atomic E-state index is -1.28. The van der Waals surface area contributed by atoms with E-state index in [1.807, 2.05) is 0 Å². The highest BCUT2D eigenvalue weighted by molar-refractivity contribution is 6.30. The van der Waals surface area contributed by atoms with E-state index >= 15 is 0 Å². The van der Waals surface area contributed by atoms with Crippen molar-refractivity contribution in [1.29, 1.82) is 0 Å². The number of imide groups is 1. The molecule has 2 aromatic carbocycles. The molecule has 2 amide bonds. The lowest BCUT2D eigenvalue weighted by Gasteiger charge is -2.19. The maximum atomic E-state index is 13.4. The van der Waals surface area contributed by atoms with Gasteiger partial charge in [-0.15, -0.1) is 0 Å². The molecule has 1 aliphatic heterocycles. The van der Waals surface area contributed by atoms with Gasteiger partial charge in [-0.3, -0.25) is 14.5 Å². The van der Waals surface area contributed by atoms with E-state index in [-0.39, 0.29) is 28.3 Å². The van der Waals surface area contributed by atoms with Crippen molar-refractivity contribution in [2.45, 2.75) is 6.10 Å². The molecule has 1 atom stereocenters. The summed E-state index contributed by atoms with van der Waals surface area (Å²) in [4.78, 5) is 25.2. The molecule has 0 fully saturated rings. The number of β-amino-alcohol motifs (C(OH)–C–C–N with tert-alkyl or cyclic N) is 1. The Kier molecular flexibility index (Phi) is 3.87. The van der Waals surface area contributed by atoms with E-state index in [1.165, 1.54) is 18.2 Å². The van der Waals surface area contributed by atoms with Gasteiger partial charge in [0.1, 0.15) is 11.6 Å². The second kappa shape index (κ2) is 5.72. The third-order valence-electron chi connectivity index (χ3n) is 3.62. The molecule has 118 valence electrons. The number of carbonyl (C=O) groups excluding carboxylic acids is 2. The predicted octanol–water partition coefficient (Wildman–Crippen LogP) is 2.95. The first-order valence-electron chi connectivity index (χ1n) is 6.67. The Labute approximate surface area is 134 Å². The van der Waals surface area contributed by atoms with Gasteiger partial charge in [-0.2, -0.15) is 0 Å². The van der Waals surface area contributed by atoms with E-state index in [0.717, 1.165) is 23.1 Å². The number of rotatable bonds is 3. The number of aliphatic hydroxyl groups is 1. The van der Waals surface area contributed by atoms with Crippen molar-refractivity contribution in [3.63, 3.8) is 0 Å². The lowest BCUT2D eigenvalue weighted by atomic mass is 10.1. The molecule has 0 saturated heterocycles. The van der Waals surface area contributed by atoms with Crippen LogP contribution in [0.15, 0.2) is 36.4 Å². The molecule has 7 heteroatoms. The zero-order chi connectivity index (χ0) is 16.7. The average molecular weight is 338 g/mol. The number of amides is 2. The summed E-state index contributed by atoms with van der Waals surface area (Å²) in [6.07, 6.45) is -1.28. The van der Waals surface area contributed by atoms with Crippen LogP contribution in [0.1, 0.15) is 32.4 Å². The van der Waals surface area contributed by atoms with Crippen molar-refractivity contribution >= 4 is 23.4 Å². The van der Waals surface area contributed by atoms with Crippen LogP contribution in [0.25, 0.3) is 0 Å². The fourth-order valence-corrected chi connectivity index (χ4v) is 2.54. The maximum Gasteiger partial charge on any atom is 0.261 e. The van der Waals surface area contributed by atoms with Crippen LogP contribution in [0.2, 0.25) is 5.02 Å². The minimum Gasteiger partial charge on any atom is -0.387 e. The summed E-state index contributed by atoms with van der Waals surface area (Å²) >= 11 is 5.57. The second-order valence-corrected chi connectivity index (χ2v) is 5.51. The van der Waals surface area contributed by atoms with Crippen molar-refractivity contribution < 1.29 is 23.5 Å². The number of aliphatic hydroxyl groups excluding tert-OH is 1. The first-order chi connectivity index (χ1) is 10.9. The molecule has 1 heterocycles. The van der Waals surface area contributed by atoms with Gasteiger partial charge in [0, 0.05) is 0 Å². The lowest BCUT2D eigenvalue weighted by Crippen LogP contribution is -2.33. The van der Waals surface area contributed by atoms with E-state index in [4.69, 9.17) is 11.6 Å². The number of hydrogen-bond acceptors (Lipinski definition) is 3.